The van der Waals surface area contributed by atoms with Crippen molar-refractivity contribution in [3.8, 4) is 0 Å². The van der Waals surface area contributed by atoms with Gasteiger partial charge >= 0.3 is 17.9 Å². The Hall–Kier alpha value is -2.11. The largest absolute Gasteiger partial charge is 0.462 e. The van der Waals surface area contributed by atoms with Crippen LogP contribution in [-0.4, -0.2) is 37.2 Å². The van der Waals surface area contributed by atoms with Gasteiger partial charge in [0.15, 0.2) is 6.10 Å². The molecule has 6 heteroatoms. The highest BCUT2D eigenvalue weighted by Gasteiger charge is 2.19. The zero-order valence-corrected chi connectivity index (χ0v) is 43.1. The van der Waals surface area contributed by atoms with Crippen LogP contribution in [-0.2, 0) is 28.6 Å². The van der Waals surface area contributed by atoms with E-state index >= 15 is 0 Å². The van der Waals surface area contributed by atoms with Crippen LogP contribution in [0.3, 0.4) is 0 Å². The van der Waals surface area contributed by atoms with E-state index < -0.39 is 6.10 Å². The minimum absolute atomic E-state index is 0.0741. The predicted molar refractivity (Wildman–Crippen MR) is 275 cm³/mol. The molecule has 0 aliphatic carbocycles. The van der Waals surface area contributed by atoms with Gasteiger partial charge in [0.1, 0.15) is 13.2 Å². The van der Waals surface area contributed by atoms with E-state index in [9.17, 15) is 14.4 Å². The van der Waals surface area contributed by atoms with Gasteiger partial charge in [-0.3, -0.25) is 14.4 Å². The SMILES string of the molecule is CCCCCCCCC/C=C\C=C/CCCCCC(=O)OCC(COC(=O)CCCCCCCCCCCCCCCCC)OC(=O)CCCCCCCCCCCCCCCCC. The maximum atomic E-state index is 12.8. The number of ether oxygens (including phenoxy) is 3. The Bertz CT molecular complexity index is 1040. The number of rotatable bonds is 52. The second-order valence-corrected chi connectivity index (χ2v) is 19.2. The molecule has 0 bridgehead atoms. The first-order valence-electron chi connectivity index (χ1n) is 28.4. The molecule has 0 heterocycles. The average Bonchev–Trinajstić information content (AvgIpc) is 3.29. The molecule has 0 radical (unpaired) electrons. The molecular formula is C58H108O6. The summed E-state index contributed by atoms with van der Waals surface area (Å²) in [5.41, 5.74) is 0. The third-order valence-electron chi connectivity index (χ3n) is 12.7. The summed E-state index contributed by atoms with van der Waals surface area (Å²) in [6.07, 6.45) is 61.6. The third kappa shape index (κ3) is 50.9. The molecule has 0 aromatic rings. The fraction of sp³-hybridized carbons (Fsp3) is 0.879. The predicted octanol–water partition coefficient (Wildman–Crippen LogP) is 18.7. The van der Waals surface area contributed by atoms with Crippen molar-refractivity contribution < 1.29 is 28.6 Å². The van der Waals surface area contributed by atoms with Crippen molar-refractivity contribution in [2.24, 2.45) is 0 Å². The molecular weight excluding hydrogens is 793 g/mol. The van der Waals surface area contributed by atoms with Crippen molar-refractivity contribution in [2.75, 3.05) is 13.2 Å². The minimum atomic E-state index is -0.776. The summed E-state index contributed by atoms with van der Waals surface area (Å²) >= 11 is 0. The Labute approximate surface area is 398 Å². The molecule has 0 aromatic heterocycles. The number of carbonyl (C=O) groups excluding carboxylic acids is 3. The molecule has 0 rings (SSSR count). The van der Waals surface area contributed by atoms with Gasteiger partial charge in [0.25, 0.3) is 0 Å². The fourth-order valence-corrected chi connectivity index (χ4v) is 8.44. The number of esters is 3. The molecule has 0 aliphatic heterocycles. The molecule has 0 saturated heterocycles. The summed E-state index contributed by atoms with van der Waals surface area (Å²) in [7, 11) is 0. The number of allylic oxidation sites excluding steroid dienone is 4. The summed E-state index contributed by atoms with van der Waals surface area (Å²) in [6.45, 7) is 6.66. The maximum Gasteiger partial charge on any atom is 0.306 e. The van der Waals surface area contributed by atoms with E-state index in [2.05, 4.69) is 45.1 Å². The second-order valence-electron chi connectivity index (χ2n) is 19.2. The van der Waals surface area contributed by atoms with Crippen LogP contribution in [0.1, 0.15) is 310 Å². The molecule has 0 N–H and O–H groups in total. The number of hydrogen-bond acceptors (Lipinski definition) is 6. The van der Waals surface area contributed by atoms with Crippen molar-refractivity contribution in [2.45, 2.75) is 316 Å². The van der Waals surface area contributed by atoms with Gasteiger partial charge in [-0.2, -0.15) is 0 Å². The first kappa shape index (κ1) is 61.9. The van der Waals surface area contributed by atoms with Crippen LogP contribution in [0.5, 0.6) is 0 Å². The van der Waals surface area contributed by atoms with Gasteiger partial charge < -0.3 is 14.2 Å². The van der Waals surface area contributed by atoms with E-state index in [4.69, 9.17) is 14.2 Å². The zero-order valence-electron chi connectivity index (χ0n) is 43.1. The van der Waals surface area contributed by atoms with Crippen LogP contribution < -0.4 is 0 Å². The monoisotopic (exact) mass is 901 g/mol. The van der Waals surface area contributed by atoms with Gasteiger partial charge in [0, 0.05) is 19.3 Å². The van der Waals surface area contributed by atoms with Crippen LogP contribution in [0.4, 0.5) is 0 Å². The van der Waals surface area contributed by atoms with Gasteiger partial charge in [0.2, 0.25) is 0 Å². The van der Waals surface area contributed by atoms with Gasteiger partial charge in [-0.05, 0) is 44.9 Å². The summed E-state index contributed by atoms with van der Waals surface area (Å²) in [6, 6.07) is 0. The first-order valence-corrected chi connectivity index (χ1v) is 28.4. The summed E-state index contributed by atoms with van der Waals surface area (Å²) in [5.74, 6) is -0.881. The number of hydrogen-bond donors (Lipinski definition) is 0. The Morgan fingerprint density at radius 2 is 0.547 bits per heavy atom. The van der Waals surface area contributed by atoms with Gasteiger partial charge in [-0.25, -0.2) is 0 Å². The van der Waals surface area contributed by atoms with Crippen LogP contribution in [0.15, 0.2) is 24.3 Å². The van der Waals surface area contributed by atoms with Crippen LogP contribution >= 0.6 is 0 Å². The molecule has 0 fully saturated rings. The van der Waals surface area contributed by atoms with Crippen LogP contribution in [0.2, 0.25) is 0 Å². The number of unbranched alkanes of at least 4 members (excludes halogenated alkanes) is 38. The quantitative estimate of drug-likeness (QED) is 0.0262. The third-order valence-corrected chi connectivity index (χ3v) is 12.7. The second kappa shape index (κ2) is 53.5. The zero-order chi connectivity index (χ0) is 46.5. The van der Waals surface area contributed by atoms with Crippen molar-refractivity contribution >= 4 is 17.9 Å². The van der Waals surface area contributed by atoms with Crippen LogP contribution in [0.25, 0.3) is 0 Å². The molecule has 0 aliphatic rings. The van der Waals surface area contributed by atoms with Crippen molar-refractivity contribution in [1.82, 2.24) is 0 Å². The molecule has 0 amide bonds. The Morgan fingerprint density at radius 1 is 0.312 bits per heavy atom. The first-order chi connectivity index (χ1) is 31.5. The number of carbonyl (C=O) groups is 3. The standard InChI is InChI=1S/C58H108O6/c1-4-7-10-13-16-19-22-25-28-31-33-36-39-42-45-48-51-57(60)63-54-55(64-58(61)52-49-46-43-40-37-34-30-27-24-21-18-15-12-9-6-3)53-62-56(59)50-47-44-41-38-35-32-29-26-23-20-17-14-11-8-5-2/h28,31,33,36,55H,4-27,29-30,32,34-35,37-54H2,1-3H3/b31-28-,36-33-. The summed E-state index contributed by atoms with van der Waals surface area (Å²) < 4.78 is 16.8. The molecule has 1 atom stereocenters. The highest BCUT2D eigenvalue weighted by atomic mass is 16.6. The van der Waals surface area contributed by atoms with E-state index in [0.29, 0.717) is 19.3 Å². The van der Waals surface area contributed by atoms with Gasteiger partial charge in [0.05, 0.1) is 0 Å². The molecule has 376 valence electrons. The highest BCUT2D eigenvalue weighted by Crippen LogP contribution is 2.17. The molecule has 6 nitrogen and oxygen atoms in total. The molecule has 0 spiro atoms. The lowest BCUT2D eigenvalue weighted by Gasteiger charge is -2.18. The maximum absolute atomic E-state index is 12.8. The van der Waals surface area contributed by atoms with E-state index in [1.807, 2.05) is 0 Å². The van der Waals surface area contributed by atoms with E-state index in [0.717, 1.165) is 70.6 Å². The van der Waals surface area contributed by atoms with E-state index in [1.165, 1.54) is 199 Å². The van der Waals surface area contributed by atoms with E-state index in [-0.39, 0.29) is 31.1 Å². The highest BCUT2D eigenvalue weighted by molar-refractivity contribution is 5.71. The molecule has 0 saturated carbocycles. The lowest BCUT2D eigenvalue weighted by molar-refractivity contribution is -0.167. The van der Waals surface area contributed by atoms with Gasteiger partial charge in [-0.1, -0.05) is 270 Å². The van der Waals surface area contributed by atoms with Crippen LogP contribution in [0, 0.1) is 0 Å². The smallest absolute Gasteiger partial charge is 0.306 e. The lowest BCUT2D eigenvalue weighted by Crippen LogP contribution is -2.30. The summed E-state index contributed by atoms with van der Waals surface area (Å²) in [5, 5.41) is 0. The Balaban J connectivity index is 4.37. The van der Waals surface area contributed by atoms with Gasteiger partial charge in [-0.15, -0.1) is 0 Å². The molecule has 64 heavy (non-hydrogen) atoms. The lowest BCUT2D eigenvalue weighted by atomic mass is 10.0. The minimum Gasteiger partial charge on any atom is -0.462 e. The average molecular weight is 901 g/mol. The molecule has 1 unspecified atom stereocenters. The van der Waals surface area contributed by atoms with Crippen molar-refractivity contribution in [1.29, 1.82) is 0 Å². The normalized spacial score (nSPS) is 12.1. The van der Waals surface area contributed by atoms with Crippen molar-refractivity contribution in [3.63, 3.8) is 0 Å². The topological polar surface area (TPSA) is 78.9 Å². The van der Waals surface area contributed by atoms with Crippen molar-refractivity contribution in [3.05, 3.63) is 24.3 Å². The molecule has 0 aromatic carbocycles. The summed E-state index contributed by atoms with van der Waals surface area (Å²) in [4.78, 5) is 38.1. The van der Waals surface area contributed by atoms with E-state index in [1.54, 1.807) is 0 Å². The fourth-order valence-electron chi connectivity index (χ4n) is 8.44. The Morgan fingerprint density at radius 3 is 0.844 bits per heavy atom. The Kier molecular flexibility index (Phi) is 51.7.